The second-order valence-corrected chi connectivity index (χ2v) is 6.89. The van der Waals surface area contributed by atoms with Crippen molar-refractivity contribution in [3.05, 3.63) is 66.5 Å². The van der Waals surface area contributed by atoms with Crippen molar-refractivity contribution < 1.29 is 13.9 Å². The molecule has 0 aromatic carbocycles. The third-order valence-electron chi connectivity index (χ3n) is 5.08. The van der Waals surface area contributed by atoms with Gasteiger partial charge in [0.2, 0.25) is 11.8 Å². The van der Waals surface area contributed by atoms with Crippen LogP contribution in [0.5, 0.6) is 5.88 Å². The van der Waals surface area contributed by atoms with Gasteiger partial charge in [0.15, 0.2) is 5.76 Å². The SMILES string of the molecule is COc1ccnc(N2CCC(N(Cc3cccnc3)C(=O)c3ccco3)CC2)n1. The van der Waals surface area contributed by atoms with Crippen LogP contribution in [0.4, 0.5) is 5.95 Å². The molecule has 8 nitrogen and oxygen atoms in total. The molecule has 3 aromatic rings. The van der Waals surface area contributed by atoms with E-state index in [2.05, 4.69) is 19.9 Å². The minimum absolute atomic E-state index is 0.0923. The Morgan fingerprint density at radius 3 is 2.79 bits per heavy atom. The molecule has 0 unspecified atom stereocenters. The summed E-state index contributed by atoms with van der Waals surface area (Å²) in [4.78, 5) is 30.1. The molecule has 1 aliphatic rings. The number of furan rings is 1. The first-order chi connectivity index (χ1) is 14.2. The van der Waals surface area contributed by atoms with Crippen LogP contribution in [-0.2, 0) is 6.54 Å². The molecule has 1 aliphatic heterocycles. The number of carbonyl (C=O) groups excluding carboxylic acids is 1. The summed E-state index contributed by atoms with van der Waals surface area (Å²) in [5, 5.41) is 0. The summed E-state index contributed by atoms with van der Waals surface area (Å²) in [5.74, 6) is 1.45. The van der Waals surface area contributed by atoms with Crippen LogP contribution >= 0.6 is 0 Å². The van der Waals surface area contributed by atoms with E-state index in [9.17, 15) is 4.79 Å². The second kappa shape index (κ2) is 8.72. The summed E-state index contributed by atoms with van der Waals surface area (Å²) in [6, 6.07) is 9.13. The molecule has 0 bridgehead atoms. The maximum absolute atomic E-state index is 13.1. The number of carbonyl (C=O) groups is 1. The molecule has 4 heterocycles. The molecular weight excluding hydrogens is 370 g/mol. The number of amides is 1. The van der Waals surface area contributed by atoms with Gasteiger partial charge in [0.1, 0.15) is 0 Å². The van der Waals surface area contributed by atoms with E-state index >= 15 is 0 Å². The number of hydrogen-bond acceptors (Lipinski definition) is 7. The van der Waals surface area contributed by atoms with E-state index in [4.69, 9.17) is 9.15 Å². The van der Waals surface area contributed by atoms with E-state index in [1.165, 1.54) is 6.26 Å². The van der Waals surface area contributed by atoms with Crippen LogP contribution in [0.2, 0.25) is 0 Å². The van der Waals surface area contributed by atoms with Gasteiger partial charge in [-0.25, -0.2) is 4.98 Å². The lowest BCUT2D eigenvalue weighted by Crippen LogP contribution is -2.47. The predicted octanol–water partition coefficient (Wildman–Crippen LogP) is 2.78. The van der Waals surface area contributed by atoms with E-state index in [0.29, 0.717) is 24.1 Å². The van der Waals surface area contributed by atoms with E-state index in [0.717, 1.165) is 31.5 Å². The molecule has 4 rings (SSSR count). The Morgan fingerprint density at radius 2 is 2.10 bits per heavy atom. The Hall–Kier alpha value is -3.42. The minimum Gasteiger partial charge on any atom is -0.481 e. The Kier molecular flexibility index (Phi) is 5.69. The van der Waals surface area contributed by atoms with Crippen molar-refractivity contribution in [1.82, 2.24) is 19.9 Å². The first-order valence-electron chi connectivity index (χ1n) is 9.60. The molecule has 0 saturated carbocycles. The highest BCUT2D eigenvalue weighted by molar-refractivity contribution is 5.91. The van der Waals surface area contributed by atoms with Crippen molar-refractivity contribution in [2.24, 2.45) is 0 Å². The zero-order valence-electron chi connectivity index (χ0n) is 16.3. The topological polar surface area (TPSA) is 84.6 Å². The van der Waals surface area contributed by atoms with Crippen LogP contribution in [0.3, 0.4) is 0 Å². The highest BCUT2D eigenvalue weighted by Gasteiger charge is 2.30. The molecule has 8 heteroatoms. The molecule has 29 heavy (non-hydrogen) atoms. The van der Waals surface area contributed by atoms with Crippen LogP contribution in [-0.4, -0.2) is 52.0 Å². The largest absolute Gasteiger partial charge is 0.481 e. The minimum atomic E-state index is -0.102. The smallest absolute Gasteiger partial charge is 0.290 e. The van der Waals surface area contributed by atoms with E-state index in [1.54, 1.807) is 43.9 Å². The summed E-state index contributed by atoms with van der Waals surface area (Å²) in [6.07, 6.45) is 8.37. The number of anilines is 1. The Labute approximate surface area is 169 Å². The van der Waals surface area contributed by atoms with Gasteiger partial charge in [-0.15, -0.1) is 0 Å². The second-order valence-electron chi connectivity index (χ2n) is 6.89. The number of methoxy groups -OCH3 is 1. The first kappa shape index (κ1) is 18.9. The molecule has 1 fully saturated rings. The van der Waals surface area contributed by atoms with Crippen LogP contribution in [0.15, 0.2) is 59.6 Å². The van der Waals surface area contributed by atoms with Gasteiger partial charge >= 0.3 is 0 Å². The van der Waals surface area contributed by atoms with Crippen molar-refractivity contribution >= 4 is 11.9 Å². The lowest BCUT2D eigenvalue weighted by molar-refractivity contribution is 0.0597. The molecule has 1 saturated heterocycles. The van der Waals surface area contributed by atoms with Gasteiger partial charge in [0.05, 0.1) is 13.4 Å². The zero-order valence-corrected chi connectivity index (χ0v) is 16.3. The zero-order chi connectivity index (χ0) is 20.1. The molecule has 150 valence electrons. The van der Waals surface area contributed by atoms with Gasteiger partial charge in [-0.2, -0.15) is 4.98 Å². The molecule has 3 aromatic heterocycles. The summed E-state index contributed by atoms with van der Waals surface area (Å²) < 4.78 is 10.6. The molecule has 0 atom stereocenters. The molecule has 0 radical (unpaired) electrons. The predicted molar refractivity (Wildman–Crippen MR) is 107 cm³/mol. The third-order valence-corrected chi connectivity index (χ3v) is 5.08. The van der Waals surface area contributed by atoms with Gasteiger partial charge in [-0.1, -0.05) is 6.07 Å². The maximum Gasteiger partial charge on any atom is 0.290 e. The third kappa shape index (κ3) is 4.37. The van der Waals surface area contributed by atoms with Gasteiger partial charge in [0.25, 0.3) is 5.91 Å². The van der Waals surface area contributed by atoms with Crippen LogP contribution in [0.25, 0.3) is 0 Å². The quantitative estimate of drug-likeness (QED) is 0.637. The Balaban J connectivity index is 1.49. The number of hydrogen-bond donors (Lipinski definition) is 0. The van der Waals surface area contributed by atoms with Crippen molar-refractivity contribution in [1.29, 1.82) is 0 Å². The van der Waals surface area contributed by atoms with Crippen molar-refractivity contribution in [2.45, 2.75) is 25.4 Å². The van der Waals surface area contributed by atoms with E-state index in [-0.39, 0.29) is 11.9 Å². The number of aromatic nitrogens is 3. The Bertz CT molecular complexity index is 925. The normalized spacial score (nSPS) is 14.6. The lowest BCUT2D eigenvalue weighted by Gasteiger charge is -2.38. The fourth-order valence-corrected chi connectivity index (χ4v) is 3.57. The van der Waals surface area contributed by atoms with Gasteiger partial charge in [0, 0.05) is 50.3 Å². The highest BCUT2D eigenvalue weighted by atomic mass is 16.5. The fourth-order valence-electron chi connectivity index (χ4n) is 3.57. The van der Waals surface area contributed by atoms with Crippen molar-refractivity contribution in [2.75, 3.05) is 25.1 Å². The molecule has 0 spiro atoms. The van der Waals surface area contributed by atoms with E-state index < -0.39 is 0 Å². The van der Waals surface area contributed by atoms with Gasteiger partial charge < -0.3 is 19.0 Å². The number of piperidine rings is 1. The molecular formula is C21H23N5O3. The van der Waals surface area contributed by atoms with Gasteiger partial charge in [-0.3, -0.25) is 9.78 Å². The van der Waals surface area contributed by atoms with Gasteiger partial charge in [-0.05, 0) is 36.6 Å². The monoisotopic (exact) mass is 393 g/mol. The average Bonchev–Trinajstić information content (AvgIpc) is 3.33. The number of nitrogens with zero attached hydrogens (tertiary/aromatic N) is 5. The lowest BCUT2D eigenvalue weighted by atomic mass is 10.0. The highest BCUT2D eigenvalue weighted by Crippen LogP contribution is 2.24. The number of rotatable bonds is 6. The van der Waals surface area contributed by atoms with E-state index in [1.807, 2.05) is 17.0 Å². The first-order valence-corrected chi connectivity index (χ1v) is 9.60. The number of pyridine rings is 1. The maximum atomic E-state index is 13.1. The summed E-state index contributed by atoms with van der Waals surface area (Å²) in [6.45, 7) is 2.01. The number of ether oxygens (including phenoxy) is 1. The summed E-state index contributed by atoms with van der Waals surface area (Å²) in [5.41, 5.74) is 0.992. The Morgan fingerprint density at radius 1 is 1.24 bits per heavy atom. The summed E-state index contributed by atoms with van der Waals surface area (Å²) >= 11 is 0. The van der Waals surface area contributed by atoms with Crippen molar-refractivity contribution in [3.8, 4) is 5.88 Å². The van der Waals surface area contributed by atoms with Crippen molar-refractivity contribution in [3.63, 3.8) is 0 Å². The molecule has 0 N–H and O–H groups in total. The van der Waals surface area contributed by atoms with Crippen LogP contribution < -0.4 is 9.64 Å². The average molecular weight is 393 g/mol. The molecule has 0 aliphatic carbocycles. The fraction of sp³-hybridized carbons (Fsp3) is 0.333. The van der Waals surface area contributed by atoms with Crippen LogP contribution in [0.1, 0.15) is 29.0 Å². The summed E-state index contributed by atoms with van der Waals surface area (Å²) in [7, 11) is 1.59. The standard InChI is InChI=1S/C21H23N5O3/c1-28-19-6-10-23-21(24-19)25-11-7-17(8-12-25)26(15-16-4-2-9-22-14-16)20(27)18-5-3-13-29-18/h2-6,9-10,13-14,17H,7-8,11-12,15H2,1H3. The molecule has 1 amide bonds. The van der Waals surface area contributed by atoms with Crippen LogP contribution in [0, 0.1) is 0 Å².